The number of fused-ring (bicyclic) bond motifs is 1. The molecular formula is C17H15N7O2. The summed E-state index contributed by atoms with van der Waals surface area (Å²) in [7, 11) is 1.57. The Bertz CT molecular complexity index is 963. The molecule has 1 aliphatic heterocycles. The molecule has 1 aliphatic rings. The molecule has 3 aromatic rings. The van der Waals surface area contributed by atoms with Crippen molar-refractivity contribution < 1.29 is 9.53 Å². The standard InChI is InChI=1S/C17H15N7O2/c1-26-16-11-7-20-17(25)10(11)2-3-12(16)23-13-6-14(22-9-21-13)24-15-8-18-4-5-19-15/h2-6,8-9H,7H2,1H3,(H,20,25)(H2,19,21,22,23,24). The molecule has 0 fully saturated rings. The van der Waals surface area contributed by atoms with E-state index in [0.717, 1.165) is 5.56 Å². The Morgan fingerprint density at radius 1 is 1.08 bits per heavy atom. The van der Waals surface area contributed by atoms with Crippen LogP contribution in [0.4, 0.5) is 23.1 Å². The van der Waals surface area contributed by atoms with E-state index in [0.29, 0.717) is 41.0 Å². The molecule has 1 amide bonds. The van der Waals surface area contributed by atoms with Crippen LogP contribution in [0.3, 0.4) is 0 Å². The molecule has 0 bridgehead atoms. The third-order valence-corrected chi connectivity index (χ3v) is 3.88. The molecule has 0 radical (unpaired) electrons. The van der Waals surface area contributed by atoms with E-state index in [1.807, 2.05) is 0 Å². The number of hydrogen-bond donors (Lipinski definition) is 3. The second-order valence-electron chi connectivity index (χ2n) is 5.48. The van der Waals surface area contributed by atoms with Crippen molar-refractivity contribution >= 4 is 29.0 Å². The smallest absolute Gasteiger partial charge is 0.252 e. The first-order chi connectivity index (χ1) is 12.7. The number of nitrogens with zero attached hydrogens (tertiary/aromatic N) is 4. The van der Waals surface area contributed by atoms with E-state index in [-0.39, 0.29) is 5.91 Å². The Labute approximate surface area is 148 Å². The van der Waals surface area contributed by atoms with Crippen LogP contribution < -0.4 is 20.7 Å². The van der Waals surface area contributed by atoms with E-state index in [9.17, 15) is 4.79 Å². The highest BCUT2D eigenvalue weighted by Crippen LogP contribution is 2.35. The van der Waals surface area contributed by atoms with Crippen LogP contribution in [0.1, 0.15) is 15.9 Å². The number of carbonyl (C=O) groups excluding carboxylic acids is 1. The number of rotatable bonds is 5. The van der Waals surface area contributed by atoms with E-state index < -0.39 is 0 Å². The first kappa shape index (κ1) is 15.8. The zero-order valence-corrected chi connectivity index (χ0v) is 13.9. The largest absolute Gasteiger partial charge is 0.494 e. The van der Waals surface area contributed by atoms with Gasteiger partial charge in [0.05, 0.1) is 19.0 Å². The highest BCUT2D eigenvalue weighted by Gasteiger charge is 2.24. The van der Waals surface area contributed by atoms with Crippen LogP contribution in [0, 0.1) is 0 Å². The van der Waals surface area contributed by atoms with Crippen molar-refractivity contribution in [3.05, 3.63) is 54.2 Å². The number of anilines is 4. The minimum absolute atomic E-state index is 0.0951. The van der Waals surface area contributed by atoms with Gasteiger partial charge in [0, 0.05) is 36.1 Å². The van der Waals surface area contributed by atoms with Gasteiger partial charge in [0.15, 0.2) is 0 Å². The zero-order chi connectivity index (χ0) is 17.9. The van der Waals surface area contributed by atoms with E-state index >= 15 is 0 Å². The second kappa shape index (κ2) is 6.63. The fraction of sp³-hybridized carbons (Fsp3) is 0.118. The molecule has 3 heterocycles. The Balaban J connectivity index is 1.60. The zero-order valence-electron chi connectivity index (χ0n) is 13.9. The SMILES string of the molecule is COc1c(Nc2cc(Nc3cnccn3)ncn2)ccc2c1CNC2=O. The number of hydrogen-bond acceptors (Lipinski definition) is 8. The van der Waals surface area contributed by atoms with Gasteiger partial charge in [-0.2, -0.15) is 0 Å². The highest BCUT2D eigenvalue weighted by atomic mass is 16.5. The van der Waals surface area contributed by atoms with Crippen LogP contribution in [0.15, 0.2) is 43.1 Å². The van der Waals surface area contributed by atoms with Gasteiger partial charge in [-0.05, 0) is 12.1 Å². The van der Waals surface area contributed by atoms with Crippen molar-refractivity contribution in [2.24, 2.45) is 0 Å². The lowest BCUT2D eigenvalue weighted by Gasteiger charge is -2.14. The number of benzene rings is 1. The Hall–Kier alpha value is -3.75. The van der Waals surface area contributed by atoms with Crippen molar-refractivity contribution in [3.63, 3.8) is 0 Å². The normalized spacial score (nSPS) is 12.3. The molecular weight excluding hydrogens is 334 g/mol. The third-order valence-electron chi connectivity index (χ3n) is 3.88. The van der Waals surface area contributed by atoms with Crippen molar-refractivity contribution in [3.8, 4) is 5.75 Å². The Morgan fingerprint density at radius 2 is 1.92 bits per heavy atom. The van der Waals surface area contributed by atoms with Gasteiger partial charge in [-0.25, -0.2) is 15.0 Å². The molecule has 0 atom stereocenters. The van der Waals surface area contributed by atoms with Gasteiger partial charge in [0.25, 0.3) is 5.91 Å². The molecule has 2 aromatic heterocycles. The summed E-state index contributed by atoms with van der Waals surface area (Å²) in [6.07, 6.45) is 6.22. The number of nitrogens with one attached hydrogen (secondary N) is 3. The maximum atomic E-state index is 11.8. The predicted octanol–water partition coefficient (Wildman–Crippen LogP) is 2.01. The van der Waals surface area contributed by atoms with E-state index in [4.69, 9.17) is 4.74 Å². The first-order valence-corrected chi connectivity index (χ1v) is 7.85. The molecule has 0 spiro atoms. The fourth-order valence-corrected chi connectivity index (χ4v) is 2.74. The monoisotopic (exact) mass is 349 g/mol. The van der Waals surface area contributed by atoms with Crippen LogP contribution in [0.2, 0.25) is 0 Å². The van der Waals surface area contributed by atoms with Gasteiger partial charge in [-0.3, -0.25) is 9.78 Å². The van der Waals surface area contributed by atoms with Crippen LogP contribution in [-0.2, 0) is 6.54 Å². The Kier molecular flexibility index (Phi) is 4.02. The lowest BCUT2D eigenvalue weighted by Crippen LogP contribution is -2.12. The molecule has 4 rings (SSSR count). The summed E-state index contributed by atoms with van der Waals surface area (Å²) >= 11 is 0. The maximum Gasteiger partial charge on any atom is 0.252 e. The summed E-state index contributed by atoms with van der Waals surface area (Å²) in [6, 6.07) is 5.30. The number of ether oxygens (including phenoxy) is 1. The third kappa shape index (κ3) is 2.97. The van der Waals surface area contributed by atoms with Gasteiger partial charge < -0.3 is 20.7 Å². The van der Waals surface area contributed by atoms with Gasteiger partial charge in [0.1, 0.15) is 29.5 Å². The van der Waals surface area contributed by atoms with Gasteiger partial charge in [-0.15, -0.1) is 0 Å². The van der Waals surface area contributed by atoms with Crippen LogP contribution in [-0.4, -0.2) is 33.0 Å². The summed E-state index contributed by atoms with van der Waals surface area (Å²) in [5, 5.41) is 9.05. The molecule has 0 saturated carbocycles. The van der Waals surface area contributed by atoms with E-state index in [1.165, 1.54) is 6.33 Å². The molecule has 0 unspecified atom stereocenters. The summed E-state index contributed by atoms with van der Waals surface area (Å²) in [5.41, 5.74) is 2.17. The van der Waals surface area contributed by atoms with Crippen molar-refractivity contribution in [1.82, 2.24) is 25.3 Å². The fourth-order valence-electron chi connectivity index (χ4n) is 2.74. The van der Waals surface area contributed by atoms with E-state index in [2.05, 4.69) is 35.9 Å². The van der Waals surface area contributed by atoms with Gasteiger partial charge >= 0.3 is 0 Å². The number of aromatic nitrogens is 4. The van der Waals surface area contributed by atoms with Crippen LogP contribution >= 0.6 is 0 Å². The van der Waals surface area contributed by atoms with Gasteiger partial charge in [-0.1, -0.05) is 0 Å². The number of carbonyl (C=O) groups is 1. The molecule has 0 aliphatic carbocycles. The lowest BCUT2D eigenvalue weighted by molar-refractivity contribution is 0.0966. The highest BCUT2D eigenvalue weighted by molar-refractivity contribution is 6.00. The molecule has 1 aromatic carbocycles. The minimum Gasteiger partial charge on any atom is -0.494 e. The molecule has 130 valence electrons. The molecule has 3 N–H and O–H groups in total. The van der Waals surface area contributed by atoms with Crippen molar-refractivity contribution in [2.75, 3.05) is 17.7 Å². The average molecular weight is 349 g/mol. The molecule has 0 saturated heterocycles. The Morgan fingerprint density at radius 3 is 2.69 bits per heavy atom. The molecule has 26 heavy (non-hydrogen) atoms. The minimum atomic E-state index is -0.0951. The number of amides is 1. The van der Waals surface area contributed by atoms with Crippen LogP contribution in [0.25, 0.3) is 0 Å². The second-order valence-corrected chi connectivity index (χ2v) is 5.48. The van der Waals surface area contributed by atoms with Crippen molar-refractivity contribution in [1.29, 1.82) is 0 Å². The average Bonchev–Trinajstić information content (AvgIpc) is 3.04. The summed E-state index contributed by atoms with van der Waals surface area (Å²) in [5.74, 6) is 2.24. The molecule has 9 heteroatoms. The molecule has 9 nitrogen and oxygen atoms in total. The predicted molar refractivity (Wildman–Crippen MR) is 94.8 cm³/mol. The summed E-state index contributed by atoms with van der Waals surface area (Å²) in [4.78, 5) is 28.3. The topological polar surface area (TPSA) is 114 Å². The summed E-state index contributed by atoms with van der Waals surface area (Å²) in [6.45, 7) is 0.441. The van der Waals surface area contributed by atoms with E-state index in [1.54, 1.807) is 43.9 Å². The van der Waals surface area contributed by atoms with Crippen LogP contribution in [0.5, 0.6) is 5.75 Å². The number of methoxy groups -OCH3 is 1. The van der Waals surface area contributed by atoms with Gasteiger partial charge in [0.2, 0.25) is 0 Å². The lowest BCUT2D eigenvalue weighted by atomic mass is 10.1. The van der Waals surface area contributed by atoms with Crippen molar-refractivity contribution in [2.45, 2.75) is 6.54 Å². The summed E-state index contributed by atoms with van der Waals surface area (Å²) < 4.78 is 5.50. The first-order valence-electron chi connectivity index (χ1n) is 7.85. The maximum absolute atomic E-state index is 11.8. The quantitative estimate of drug-likeness (QED) is 0.641.